The summed E-state index contributed by atoms with van der Waals surface area (Å²) in [6.07, 6.45) is 0.101. The third-order valence-corrected chi connectivity index (χ3v) is 1.79. The van der Waals surface area contributed by atoms with E-state index in [0.29, 0.717) is 0 Å². The lowest BCUT2D eigenvalue weighted by Crippen LogP contribution is -1.95. The molecule has 0 amide bonds. The molecule has 0 saturated heterocycles. The number of alkyl halides is 2. The van der Waals surface area contributed by atoms with Crippen molar-refractivity contribution >= 4 is 6.08 Å². The van der Waals surface area contributed by atoms with Crippen molar-refractivity contribution in [3.8, 4) is 0 Å². The monoisotopic (exact) mass is 201 g/mol. The molecule has 1 atom stereocenters. The highest BCUT2D eigenvalue weighted by Gasteiger charge is 2.20. The van der Waals surface area contributed by atoms with Gasteiger partial charge >= 0.3 is 0 Å². The Morgan fingerprint density at radius 2 is 2.29 bits per heavy atom. The largest absolute Gasteiger partial charge is 0.282 e. The van der Waals surface area contributed by atoms with Gasteiger partial charge in [0.05, 0.1) is 6.04 Å². The van der Waals surface area contributed by atoms with Gasteiger partial charge < -0.3 is 0 Å². The van der Waals surface area contributed by atoms with Gasteiger partial charge in [0, 0.05) is 18.8 Å². The fourth-order valence-corrected chi connectivity index (χ4v) is 1.16. The average molecular weight is 201 g/mol. The second-order valence-electron chi connectivity index (χ2n) is 2.84. The Hall–Kier alpha value is -1.55. The molecule has 0 bridgehead atoms. The SMILES string of the molecule is CC(N=C=O)c1cn(C)nc1C(F)F. The molecule has 0 aliphatic rings. The quantitative estimate of drug-likeness (QED) is 0.552. The number of rotatable bonds is 3. The van der Waals surface area contributed by atoms with E-state index in [1.807, 2.05) is 0 Å². The summed E-state index contributed by atoms with van der Waals surface area (Å²) >= 11 is 0. The number of halogens is 2. The molecule has 0 radical (unpaired) electrons. The number of hydrogen-bond donors (Lipinski definition) is 0. The molecule has 0 spiro atoms. The van der Waals surface area contributed by atoms with Gasteiger partial charge in [0.2, 0.25) is 6.08 Å². The zero-order chi connectivity index (χ0) is 10.7. The van der Waals surface area contributed by atoms with Gasteiger partial charge in [-0.05, 0) is 6.92 Å². The van der Waals surface area contributed by atoms with E-state index in [-0.39, 0.29) is 11.3 Å². The Morgan fingerprint density at radius 1 is 1.64 bits per heavy atom. The average Bonchev–Trinajstić information content (AvgIpc) is 2.48. The third-order valence-electron chi connectivity index (χ3n) is 1.79. The van der Waals surface area contributed by atoms with E-state index in [4.69, 9.17) is 0 Å². The maximum atomic E-state index is 12.4. The second kappa shape index (κ2) is 4.11. The summed E-state index contributed by atoms with van der Waals surface area (Å²) in [7, 11) is 1.53. The Labute approximate surface area is 79.3 Å². The Bertz CT molecular complexity index is 369. The summed E-state index contributed by atoms with van der Waals surface area (Å²) in [6.45, 7) is 1.54. The van der Waals surface area contributed by atoms with Crippen LogP contribution in [0.25, 0.3) is 0 Å². The van der Waals surface area contributed by atoms with Crippen molar-refractivity contribution in [1.82, 2.24) is 9.78 Å². The van der Waals surface area contributed by atoms with Gasteiger partial charge in [0.15, 0.2) is 0 Å². The first-order chi connectivity index (χ1) is 6.56. The Kier molecular flexibility index (Phi) is 3.09. The summed E-state index contributed by atoms with van der Waals surface area (Å²) in [6, 6.07) is -0.634. The van der Waals surface area contributed by atoms with Crippen LogP contribution in [0.2, 0.25) is 0 Å². The molecule has 0 aromatic carbocycles. The van der Waals surface area contributed by atoms with Crippen LogP contribution in [0.3, 0.4) is 0 Å². The van der Waals surface area contributed by atoms with Crippen LogP contribution in [0.1, 0.15) is 30.6 Å². The maximum Gasteiger partial charge on any atom is 0.282 e. The third kappa shape index (κ3) is 2.03. The Morgan fingerprint density at radius 3 is 2.79 bits per heavy atom. The molecule has 6 heteroatoms. The fraction of sp³-hybridized carbons (Fsp3) is 0.500. The summed E-state index contributed by atoms with van der Waals surface area (Å²) in [5.41, 5.74) is -0.0788. The molecule has 0 aliphatic carbocycles. The zero-order valence-electron chi connectivity index (χ0n) is 7.74. The molecule has 4 nitrogen and oxygen atoms in total. The number of aryl methyl sites for hydroxylation is 1. The highest BCUT2D eigenvalue weighted by molar-refractivity contribution is 5.35. The molecule has 1 heterocycles. The van der Waals surface area contributed by atoms with E-state index >= 15 is 0 Å². The van der Waals surface area contributed by atoms with Gasteiger partial charge in [-0.15, -0.1) is 0 Å². The molecule has 0 N–H and O–H groups in total. The molecule has 1 unspecified atom stereocenters. The van der Waals surface area contributed by atoms with Gasteiger partial charge in [-0.2, -0.15) is 10.1 Å². The Balaban J connectivity index is 3.12. The normalized spacial score (nSPS) is 12.6. The maximum absolute atomic E-state index is 12.4. The van der Waals surface area contributed by atoms with Crippen molar-refractivity contribution in [3.63, 3.8) is 0 Å². The molecule has 0 aliphatic heterocycles. The van der Waals surface area contributed by atoms with Crippen molar-refractivity contribution in [2.24, 2.45) is 12.0 Å². The molecule has 1 aromatic rings. The molecular weight excluding hydrogens is 192 g/mol. The van der Waals surface area contributed by atoms with Crippen LogP contribution in [0.4, 0.5) is 8.78 Å². The number of hydrogen-bond acceptors (Lipinski definition) is 3. The van der Waals surface area contributed by atoms with Gasteiger partial charge in [-0.3, -0.25) is 4.68 Å². The summed E-state index contributed by atoms with van der Waals surface area (Å²) in [5, 5.41) is 3.59. The minimum atomic E-state index is -2.66. The molecular formula is C8H9F2N3O. The minimum absolute atomic E-state index is 0.255. The lowest BCUT2D eigenvalue weighted by Gasteiger charge is -2.02. The molecule has 76 valence electrons. The van der Waals surface area contributed by atoms with Crippen molar-refractivity contribution in [3.05, 3.63) is 17.5 Å². The van der Waals surface area contributed by atoms with E-state index < -0.39 is 12.5 Å². The first-order valence-corrected chi connectivity index (χ1v) is 3.94. The predicted molar refractivity (Wildman–Crippen MR) is 44.7 cm³/mol. The number of carbonyl (C=O) groups excluding carboxylic acids is 1. The number of aromatic nitrogens is 2. The van der Waals surface area contributed by atoms with Crippen molar-refractivity contribution in [2.45, 2.75) is 19.4 Å². The van der Waals surface area contributed by atoms with Crippen LogP contribution in [-0.4, -0.2) is 15.9 Å². The number of isocyanates is 1. The van der Waals surface area contributed by atoms with Crippen molar-refractivity contribution < 1.29 is 13.6 Å². The van der Waals surface area contributed by atoms with Gasteiger partial charge in [-0.25, -0.2) is 13.6 Å². The smallest absolute Gasteiger partial charge is 0.275 e. The first kappa shape index (κ1) is 10.5. The molecule has 1 rings (SSSR count). The molecule has 14 heavy (non-hydrogen) atoms. The fourth-order valence-electron chi connectivity index (χ4n) is 1.16. The molecule has 1 aromatic heterocycles. The lowest BCUT2D eigenvalue weighted by molar-refractivity contribution is 0.143. The van der Waals surface area contributed by atoms with E-state index in [0.717, 1.165) is 0 Å². The topological polar surface area (TPSA) is 47.2 Å². The summed E-state index contributed by atoms with van der Waals surface area (Å²) < 4.78 is 26.1. The standard InChI is InChI=1S/C8H9F2N3O/c1-5(11-4-14)6-3-13(2)12-7(6)8(9)10/h3,5,8H,1-2H3. The number of nitrogens with zero attached hydrogens (tertiary/aromatic N) is 3. The van der Waals surface area contributed by atoms with Crippen LogP contribution >= 0.6 is 0 Å². The highest BCUT2D eigenvalue weighted by Crippen LogP contribution is 2.27. The van der Waals surface area contributed by atoms with Gasteiger partial charge in [0.1, 0.15) is 5.69 Å². The van der Waals surface area contributed by atoms with Crippen LogP contribution in [0.5, 0.6) is 0 Å². The lowest BCUT2D eigenvalue weighted by atomic mass is 10.1. The predicted octanol–water partition coefficient (Wildman–Crippen LogP) is 1.75. The van der Waals surface area contributed by atoms with Crippen LogP contribution in [0, 0.1) is 0 Å². The van der Waals surface area contributed by atoms with Crippen molar-refractivity contribution in [1.29, 1.82) is 0 Å². The van der Waals surface area contributed by atoms with Crippen molar-refractivity contribution in [2.75, 3.05) is 0 Å². The second-order valence-corrected chi connectivity index (χ2v) is 2.84. The molecule has 0 fully saturated rings. The van der Waals surface area contributed by atoms with Gasteiger partial charge in [-0.1, -0.05) is 0 Å². The highest BCUT2D eigenvalue weighted by atomic mass is 19.3. The minimum Gasteiger partial charge on any atom is -0.275 e. The van der Waals surface area contributed by atoms with Crippen LogP contribution in [0.15, 0.2) is 11.2 Å². The van der Waals surface area contributed by atoms with E-state index in [1.54, 1.807) is 0 Å². The molecule has 0 saturated carbocycles. The summed E-state index contributed by atoms with van der Waals surface area (Å²) in [4.78, 5) is 13.3. The van der Waals surface area contributed by atoms with Crippen LogP contribution < -0.4 is 0 Å². The first-order valence-electron chi connectivity index (χ1n) is 3.94. The summed E-state index contributed by atoms with van der Waals surface area (Å²) in [5.74, 6) is 0. The number of aliphatic imine (C=N–C) groups is 1. The van der Waals surface area contributed by atoms with E-state index in [1.165, 1.54) is 30.9 Å². The van der Waals surface area contributed by atoms with E-state index in [9.17, 15) is 13.6 Å². The van der Waals surface area contributed by atoms with E-state index in [2.05, 4.69) is 10.1 Å². The van der Waals surface area contributed by atoms with Gasteiger partial charge in [0.25, 0.3) is 6.43 Å². The zero-order valence-corrected chi connectivity index (χ0v) is 7.74. The van der Waals surface area contributed by atoms with Crippen LogP contribution in [-0.2, 0) is 11.8 Å².